The van der Waals surface area contributed by atoms with Crippen LogP contribution in [0.25, 0.3) is 17.0 Å². The van der Waals surface area contributed by atoms with Gasteiger partial charge < -0.3 is 14.8 Å². The number of benzene rings is 1. The fourth-order valence-electron chi connectivity index (χ4n) is 3.10. The third-order valence-corrected chi connectivity index (χ3v) is 4.50. The topological polar surface area (TPSA) is 129 Å². The molecule has 0 aliphatic carbocycles. The minimum Gasteiger partial charge on any atom is -0.454 e. The van der Waals surface area contributed by atoms with Crippen LogP contribution in [0.2, 0.25) is 0 Å². The molecule has 0 fully saturated rings. The molecule has 11 heteroatoms. The minimum atomic E-state index is -0.367. The third-order valence-electron chi connectivity index (χ3n) is 4.50. The fourth-order valence-corrected chi connectivity index (χ4v) is 3.10. The molecule has 0 atom stereocenters. The summed E-state index contributed by atoms with van der Waals surface area (Å²) in [5.74, 6) is 1.26. The molecule has 2 N–H and O–H groups in total. The summed E-state index contributed by atoms with van der Waals surface area (Å²) < 4.78 is 13.4. The highest BCUT2D eigenvalue weighted by Crippen LogP contribution is 2.32. The Balaban J connectivity index is 1.52. The number of H-pyrrole nitrogens is 1. The number of nitrogens with one attached hydrogen (secondary N) is 2. The molecular weight excluding hydrogens is 378 g/mol. The lowest BCUT2D eigenvalue weighted by atomic mass is 10.2. The van der Waals surface area contributed by atoms with Crippen molar-refractivity contribution in [2.45, 2.75) is 6.92 Å². The molecule has 146 valence electrons. The number of rotatable bonds is 3. The molecule has 0 bridgehead atoms. The Morgan fingerprint density at radius 3 is 2.93 bits per heavy atom. The van der Waals surface area contributed by atoms with E-state index in [4.69, 9.17) is 9.47 Å². The molecule has 29 heavy (non-hydrogen) atoms. The maximum absolute atomic E-state index is 12.7. The van der Waals surface area contributed by atoms with Gasteiger partial charge in [-0.25, -0.2) is 0 Å². The summed E-state index contributed by atoms with van der Waals surface area (Å²) in [4.78, 5) is 32.2. The van der Waals surface area contributed by atoms with Crippen molar-refractivity contribution in [2.75, 3.05) is 12.1 Å². The van der Waals surface area contributed by atoms with E-state index in [0.717, 1.165) is 0 Å². The van der Waals surface area contributed by atoms with Crippen LogP contribution in [-0.4, -0.2) is 42.2 Å². The zero-order valence-electron chi connectivity index (χ0n) is 15.5. The number of ether oxygens (including phenoxy) is 2. The van der Waals surface area contributed by atoms with Crippen LogP contribution in [0, 0.1) is 6.92 Å². The van der Waals surface area contributed by atoms with Crippen LogP contribution < -0.4 is 20.3 Å². The lowest BCUT2D eigenvalue weighted by Gasteiger charge is -2.09. The molecule has 0 saturated carbocycles. The van der Waals surface area contributed by atoms with Crippen molar-refractivity contribution in [2.24, 2.45) is 7.05 Å². The van der Waals surface area contributed by atoms with Crippen LogP contribution in [0.5, 0.6) is 11.5 Å². The first-order valence-corrected chi connectivity index (χ1v) is 8.69. The number of aromatic nitrogens is 6. The van der Waals surface area contributed by atoms with Gasteiger partial charge in [-0.3, -0.25) is 19.3 Å². The van der Waals surface area contributed by atoms with E-state index in [1.54, 1.807) is 38.2 Å². The molecular formula is C18H15N7O4. The molecule has 0 spiro atoms. The number of hydrogen-bond donors (Lipinski definition) is 2. The van der Waals surface area contributed by atoms with E-state index in [2.05, 4.69) is 25.5 Å². The lowest BCUT2D eigenvalue weighted by Crippen LogP contribution is -2.19. The Kier molecular flexibility index (Phi) is 3.63. The van der Waals surface area contributed by atoms with Gasteiger partial charge in [0.25, 0.3) is 11.5 Å². The predicted octanol–water partition coefficient (Wildman–Crippen LogP) is 1.13. The van der Waals surface area contributed by atoms with Crippen molar-refractivity contribution in [1.82, 2.24) is 29.5 Å². The van der Waals surface area contributed by atoms with Gasteiger partial charge in [-0.05, 0) is 25.1 Å². The summed E-state index contributed by atoms with van der Waals surface area (Å²) in [6.07, 6.45) is 1.45. The van der Waals surface area contributed by atoms with Gasteiger partial charge in [0, 0.05) is 18.7 Å². The maximum Gasteiger partial charge on any atom is 0.263 e. The molecule has 0 unspecified atom stereocenters. The first-order valence-electron chi connectivity index (χ1n) is 8.69. The van der Waals surface area contributed by atoms with Gasteiger partial charge in [0.05, 0.1) is 11.9 Å². The number of aromatic amines is 1. The van der Waals surface area contributed by atoms with Crippen LogP contribution in [0.4, 0.5) is 5.82 Å². The molecule has 3 aromatic heterocycles. The quantitative estimate of drug-likeness (QED) is 0.534. The number of fused-ring (bicyclic) bond motifs is 2. The summed E-state index contributed by atoms with van der Waals surface area (Å²) in [5, 5.41) is 11.6. The van der Waals surface area contributed by atoms with Crippen molar-refractivity contribution in [3.05, 3.63) is 52.1 Å². The molecule has 1 aliphatic rings. The third kappa shape index (κ3) is 2.79. The molecule has 4 heterocycles. The van der Waals surface area contributed by atoms with E-state index in [0.29, 0.717) is 39.6 Å². The van der Waals surface area contributed by atoms with Crippen LogP contribution in [0.3, 0.4) is 0 Å². The summed E-state index contributed by atoms with van der Waals surface area (Å²) in [5.41, 5.74) is 1.09. The normalized spacial score (nSPS) is 12.5. The Morgan fingerprint density at radius 2 is 2.07 bits per heavy atom. The van der Waals surface area contributed by atoms with Gasteiger partial charge in [0.15, 0.2) is 17.1 Å². The summed E-state index contributed by atoms with van der Waals surface area (Å²) in [7, 11) is 1.69. The van der Waals surface area contributed by atoms with Gasteiger partial charge >= 0.3 is 0 Å². The SMILES string of the molecule is Cc1cc(NC(=O)c2ccc3c(c2)OCO3)n(-c2nc3c(cnn3C)c(=O)[nH]2)n1. The average molecular weight is 393 g/mol. The summed E-state index contributed by atoms with van der Waals surface area (Å²) in [6, 6.07) is 6.60. The van der Waals surface area contributed by atoms with Crippen molar-refractivity contribution in [3.8, 4) is 17.4 Å². The monoisotopic (exact) mass is 393 g/mol. The highest BCUT2D eigenvalue weighted by molar-refractivity contribution is 6.04. The number of anilines is 1. The number of carbonyl (C=O) groups is 1. The van der Waals surface area contributed by atoms with Crippen molar-refractivity contribution >= 4 is 22.8 Å². The molecule has 4 aromatic rings. The van der Waals surface area contributed by atoms with Gasteiger partial charge in [-0.1, -0.05) is 0 Å². The van der Waals surface area contributed by atoms with Crippen molar-refractivity contribution < 1.29 is 14.3 Å². The van der Waals surface area contributed by atoms with Gasteiger partial charge in [-0.15, -0.1) is 0 Å². The predicted molar refractivity (Wildman–Crippen MR) is 102 cm³/mol. The van der Waals surface area contributed by atoms with Gasteiger partial charge in [0.1, 0.15) is 11.2 Å². The van der Waals surface area contributed by atoms with E-state index >= 15 is 0 Å². The van der Waals surface area contributed by atoms with Gasteiger partial charge in [-0.2, -0.15) is 19.9 Å². The Bertz CT molecular complexity index is 1330. The number of nitrogens with zero attached hydrogens (tertiary/aromatic N) is 5. The minimum absolute atomic E-state index is 0.127. The van der Waals surface area contributed by atoms with Crippen molar-refractivity contribution in [1.29, 1.82) is 0 Å². The van der Waals surface area contributed by atoms with Crippen LogP contribution >= 0.6 is 0 Å². The molecule has 0 radical (unpaired) electrons. The molecule has 1 amide bonds. The van der Waals surface area contributed by atoms with E-state index in [1.807, 2.05) is 0 Å². The second-order valence-corrected chi connectivity index (χ2v) is 6.50. The summed E-state index contributed by atoms with van der Waals surface area (Å²) >= 11 is 0. The van der Waals surface area contributed by atoms with Crippen LogP contribution in [0.15, 0.2) is 35.3 Å². The lowest BCUT2D eigenvalue weighted by molar-refractivity contribution is 0.102. The molecule has 5 rings (SSSR count). The molecule has 0 saturated heterocycles. The van der Waals surface area contributed by atoms with E-state index in [9.17, 15) is 9.59 Å². The highest BCUT2D eigenvalue weighted by Gasteiger charge is 2.19. The van der Waals surface area contributed by atoms with Crippen LogP contribution in [-0.2, 0) is 7.05 Å². The van der Waals surface area contributed by atoms with Gasteiger partial charge in [0.2, 0.25) is 12.7 Å². The number of carbonyl (C=O) groups excluding carboxylic acids is 1. The van der Waals surface area contributed by atoms with Crippen molar-refractivity contribution in [3.63, 3.8) is 0 Å². The first kappa shape index (κ1) is 17.0. The Labute approximate surface area is 162 Å². The van der Waals surface area contributed by atoms with E-state index < -0.39 is 0 Å². The maximum atomic E-state index is 12.7. The Hall–Kier alpha value is -4.15. The van der Waals surface area contributed by atoms with E-state index in [-0.39, 0.29) is 24.2 Å². The number of hydrogen-bond acceptors (Lipinski definition) is 7. The van der Waals surface area contributed by atoms with Crippen LogP contribution in [0.1, 0.15) is 16.1 Å². The molecule has 1 aliphatic heterocycles. The zero-order chi connectivity index (χ0) is 20.1. The molecule has 1 aromatic carbocycles. The number of aryl methyl sites for hydroxylation is 2. The first-order chi connectivity index (χ1) is 14.0. The number of amides is 1. The second kappa shape index (κ2) is 6.19. The largest absolute Gasteiger partial charge is 0.454 e. The highest BCUT2D eigenvalue weighted by atomic mass is 16.7. The standard InChI is InChI=1S/C18H15N7O4/c1-9-5-14(20-16(26)10-3-4-12-13(6-10)29-8-28-12)25(23-9)18-21-15-11(17(27)22-18)7-19-24(15)2/h3-7H,8H2,1-2H3,(H,20,26)(H,21,22,27). The smallest absolute Gasteiger partial charge is 0.263 e. The zero-order valence-corrected chi connectivity index (χ0v) is 15.5. The average Bonchev–Trinajstić information content (AvgIpc) is 3.40. The Morgan fingerprint density at radius 1 is 1.24 bits per heavy atom. The summed E-state index contributed by atoms with van der Waals surface area (Å²) in [6.45, 7) is 1.90. The fraction of sp³-hybridized carbons (Fsp3) is 0.167. The second-order valence-electron chi connectivity index (χ2n) is 6.50. The van der Waals surface area contributed by atoms with E-state index in [1.165, 1.54) is 15.6 Å². The molecule has 11 nitrogen and oxygen atoms in total.